The van der Waals surface area contributed by atoms with Crippen LogP contribution in [-0.2, 0) is 35.1 Å². The third-order valence-electron chi connectivity index (χ3n) is 8.00. The van der Waals surface area contributed by atoms with Crippen molar-refractivity contribution in [1.82, 2.24) is 4.90 Å². The maximum Gasteiger partial charge on any atom is 0.303 e. The minimum atomic E-state index is -1.02. The van der Waals surface area contributed by atoms with E-state index in [-0.39, 0.29) is 43.5 Å². The molecule has 216 valence electrons. The Labute approximate surface area is 234 Å². The van der Waals surface area contributed by atoms with Gasteiger partial charge in [-0.15, -0.1) is 0 Å². The van der Waals surface area contributed by atoms with Crippen molar-refractivity contribution in [2.75, 3.05) is 38.2 Å². The van der Waals surface area contributed by atoms with Gasteiger partial charge < -0.3 is 39.4 Å². The van der Waals surface area contributed by atoms with E-state index >= 15 is 0 Å². The van der Waals surface area contributed by atoms with Crippen LogP contribution in [0.1, 0.15) is 61.7 Å². The van der Waals surface area contributed by atoms with Crippen LogP contribution in [0.4, 0.5) is 5.69 Å². The first-order chi connectivity index (χ1) is 19.3. The molecule has 4 unspecified atom stereocenters. The van der Waals surface area contributed by atoms with Gasteiger partial charge in [-0.05, 0) is 23.3 Å². The molecular weight excluding hydrogens is 516 g/mol. The normalized spacial score (nSPS) is 26.6. The number of carbonyl (C=O) groups is 2. The highest BCUT2D eigenvalue weighted by Crippen LogP contribution is 2.42. The van der Waals surface area contributed by atoms with Crippen LogP contribution >= 0.6 is 0 Å². The highest BCUT2D eigenvalue weighted by molar-refractivity contribution is 5.92. The van der Waals surface area contributed by atoms with Crippen molar-refractivity contribution in [3.8, 4) is 0 Å². The Kier molecular flexibility index (Phi) is 9.14. The zero-order chi connectivity index (χ0) is 28.1. The molecule has 3 aliphatic heterocycles. The first kappa shape index (κ1) is 28.7. The van der Waals surface area contributed by atoms with Crippen molar-refractivity contribution < 1.29 is 38.7 Å². The summed E-state index contributed by atoms with van der Waals surface area (Å²) in [5.74, 6) is -1.77. The van der Waals surface area contributed by atoms with Crippen LogP contribution in [0.5, 0.6) is 0 Å². The predicted octanol–water partition coefficient (Wildman–Crippen LogP) is 3.61. The summed E-state index contributed by atoms with van der Waals surface area (Å²) in [6.07, 6.45) is 0.268. The number of rotatable bonds is 9. The van der Waals surface area contributed by atoms with Gasteiger partial charge in [0.2, 0.25) is 5.91 Å². The average molecular weight is 555 g/mol. The van der Waals surface area contributed by atoms with E-state index in [4.69, 9.17) is 24.1 Å². The van der Waals surface area contributed by atoms with Gasteiger partial charge in [-0.25, -0.2) is 0 Å². The Hall–Kier alpha value is -2.86. The quantitative estimate of drug-likeness (QED) is 0.426. The molecular formula is C30H38N2O8. The topological polar surface area (TPSA) is 127 Å². The van der Waals surface area contributed by atoms with Crippen molar-refractivity contribution in [1.29, 1.82) is 0 Å². The smallest absolute Gasteiger partial charge is 0.303 e. The number of likely N-dealkylation sites (tertiary alicyclic amines) is 1. The molecule has 0 radical (unpaired) electrons. The number of nitrogens with zero attached hydrogens (tertiary/aromatic N) is 1. The minimum Gasteiger partial charge on any atom is -0.481 e. The van der Waals surface area contributed by atoms with Gasteiger partial charge in [-0.3, -0.25) is 9.59 Å². The molecule has 3 fully saturated rings. The molecule has 3 heterocycles. The monoisotopic (exact) mass is 554 g/mol. The van der Waals surface area contributed by atoms with E-state index in [2.05, 4.69) is 17.1 Å². The molecule has 0 aromatic heterocycles. The van der Waals surface area contributed by atoms with E-state index in [0.29, 0.717) is 18.9 Å². The molecule has 0 saturated carbocycles. The number of ether oxygens (including phenoxy) is 4. The fourth-order valence-electron chi connectivity index (χ4n) is 5.65. The number of hydrogen-bond donors (Lipinski definition) is 3. The Morgan fingerprint density at radius 2 is 1.73 bits per heavy atom. The molecule has 4 atom stereocenters. The number of benzene rings is 2. The fraction of sp³-hybridized carbons (Fsp3) is 0.533. The zero-order valence-corrected chi connectivity index (χ0v) is 22.8. The molecule has 2 aromatic carbocycles. The number of anilines is 1. The second-order valence-corrected chi connectivity index (χ2v) is 10.8. The van der Waals surface area contributed by atoms with Crippen LogP contribution in [0.3, 0.4) is 0 Å². The molecule has 3 aliphatic rings. The summed E-state index contributed by atoms with van der Waals surface area (Å²) >= 11 is 0. The van der Waals surface area contributed by atoms with Crippen LogP contribution in [0.2, 0.25) is 0 Å². The van der Waals surface area contributed by atoms with Gasteiger partial charge >= 0.3 is 5.97 Å². The number of aliphatic hydroxyl groups excluding tert-OH is 1. The second-order valence-electron chi connectivity index (χ2n) is 10.8. The molecule has 2 aromatic rings. The van der Waals surface area contributed by atoms with Crippen molar-refractivity contribution >= 4 is 17.6 Å². The summed E-state index contributed by atoms with van der Waals surface area (Å²) in [5, 5.41) is 21.1. The third-order valence-corrected chi connectivity index (χ3v) is 8.00. The first-order valence-corrected chi connectivity index (χ1v) is 14.0. The Balaban J connectivity index is 1.33. The Morgan fingerprint density at radius 3 is 2.40 bits per heavy atom. The molecule has 0 aliphatic carbocycles. The molecule has 5 rings (SSSR count). The number of carbonyl (C=O) groups excluding carboxylic acids is 1. The highest BCUT2D eigenvalue weighted by Gasteiger charge is 2.43. The largest absolute Gasteiger partial charge is 0.481 e. The lowest BCUT2D eigenvalue weighted by Gasteiger charge is -2.44. The van der Waals surface area contributed by atoms with E-state index in [1.165, 1.54) is 0 Å². The van der Waals surface area contributed by atoms with E-state index < -0.39 is 18.0 Å². The molecule has 10 nitrogen and oxygen atoms in total. The minimum absolute atomic E-state index is 0.0232. The van der Waals surface area contributed by atoms with Crippen LogP contribution in [-0.4, -0.2) is 71.7 Å². The summed E-state index contributed by atoms with van der Waals surface area (Å²) in [5.41, 5.74) is 3.15. The van der Waals surface area contributed by atoms with Gasteiger partial charge in [-0.1, -0.05) is 43.3 Å². The summed E-state index contributed by atoms with van der Waals surface area (Å²) in [6.45, 7) is 5.85. The molecule has 0 bridgehead atoms. The molecule has 3 N–H and O–H groups in total. The van der Waals surface area contributed by atoms with Crippen LogP contribution in [0.25, 0.3) is 0 Å². The Morgan fingerprint density at radius 1 is 1.00 bits per heavy atom. The van der Waals surface area contributed by atoms with Crippen molar-refractivity contribution in [3.05, 3.63) is 65.2 Å². The van der Waals surface area contributed by atoms with Gasteiger partial charge in [0.05, 0.1) is 38.4 Å². The number of piperidine rings is 1. The average Bonchev–Trinajstić information content (AvgIpc) is 3.42. The zero-order valence-electron chi connectivity index (χ0n) is 22.8. The summed E-state index contributed by atoms with van der Waals surface area (Å²) in [6, 6.07) is 15.1. The summed E-state index contributed by atoms with van der Waals surface area (Å²) in [7, 11) is 0. The Bertz CT molecular complexity index is 1160. The standard InChI is InChI=1S/C30H38N2O8/c1-20-25(18-32-13-11-30(12-14-32)37-15-16-38-30)39-29(40-28(20)22-7-5-21(19-33)6-8-22)23-3-2-4-24(17-23)31-26(34)9-10-27(35)36/h2-8,17,20,25,28-29,33H,9-16,18-19H2,1H3,(H,31,34)(H,35,36). The molecule has 1 amide bonds. The number of carboxylic acids is 1. The van der Waals surface area contributed by atoms with Crippen molar-refractivity contribution in [3.63, 3.8) is 0 Å². The number of aliphatic hydroxyl groups is 1. The lowest BCUT2D eigenvalue weighted by atomic mass is 9.89. The fourth-order valence-corrected chi connectivity index (χ4v) is 5.65. The van der Waals surface area contributed by atoms with E-state index in [1.807, 2.05) is 42.5 Å². The van der Waals surface area contributed by atoms with Gasteiger partial charge in [0, 0.05) is 56.1 Å². The van der Waals surface area contributed by atoms with Gasteiger partial charge in [0.25, 0.3) is 0 Å². The van der Waals surface area contributed by atoms with Crippen molar-refractivity contribution in [2.24, 2.45) is 5.92 Å². The van der Waals surface area contributed by atoms with Gasteiger partial charge in [-0.2, -0.15) is 0 Å². The first-order valence-electron chi connectivity index (χ1n) is 14.0. The SMILES string of the molecule is CC1C(CN2CCC3(CC2)OCCO3)OC(c2cccc(NC(=O)CCC(=O)O)c2)OC1c1ccc(CO)cc1. The summed E-state index contributed by atoms with van der Waals surface area (Å²) in [4.78, 5) is 25.4. The van der Waals surface area contributed by atoms with E-state index in [9.17, 15) is 14.7 Å². The lowest BCUT2D eigenvalue weighted by Crippen LogP contribution is -2.50. The van der Waals surface area contributed by atoms with Crippen LogP contribution in [0, 0.1) is 5.92 Å². The van der Waals surface area contributed by atoms with E-state index in [1.54, 1.807) is 6.07 Å². The number of nitrogens with one attached hydrogen (secondary N) is 1. The maximum absolute atomic E-state index is 12.2. The highest BCUT2D eigenvalue weighted by atomic mass is 16.7. The van der Waals surface area contributed by atoms with Gasteiger partial charge in [0.15, 0.2) is 12.1 Å². The molecule has 3 saturated heterocycles. The van der Waals surface area contributed by atoms with Crippen LogP contribution in [0.15, 0.2) is 48.5 Å². The molecule has 1 spiro atoms. The van der Waals surface area contributed by atoms with Crippen LogP contribution < -0.4 is 5.32 Å². The maximum atomic E-state index is 12.2. The number of carboxylic acid groups (broad SMARTS) is 1. The third kappa shape index (κ3) is 6.88. The van der Waals surface area contributed by atoms with E-state index in [0.717, 1.165) is 49.2 Å². The number of aliphatic carboxylic acids is 1. The summed E-state index contributed by atoms with van der Waals surface area (Å²) < 4.78 is 24.9. The second kappa shape index (κ2) is 12.8. The molecule has 10 heteroatoms. The number of amides is 1. The number of hydrogen-bond acceptors (Lipinski definition) is 8. The van der Waals surface area contributed by atoms with Gasteiger partial charge in [0.1, 0.15) is 0 Å². The van der Waals surface area contributed by atoms with Crippen molar-refractivity contribution in [2.45, 2.75) is 63.5 Å². The lowest BCUT2D eigenvalue weighted by molar-refractivity contribution is -0.278. The predicted molar refractivity (Wildman–Crippen MR) is 145 cm³/mol. The molecule has 40 heavy (non-hydrogen) atoms.